The Hall–Kier alpha value is -3.63. The third-order valence-corrected chi connectivity index (χ3v) is 6.33. The van der Waals surface area contributed by atoms with E-state index in [1.54, 1.807) is 17.0 Å². The fourth-order valence-electron chi connectivity index (χ4n) is 4.76. The fraction of sp³-hybridized carbons (Fsp3) is 0.348. The van der Waals surface area contributed by atoms with Crippen molar-refractivity contribution in [1.29, 1.82) is 0 Å². The van der Waals surface area contributed by atoms with Crippen LogP contribution in [0.4, 0.5) is 23.4 Å². The number of nitrogens with zero attached hydrogens (tertiary/aromatic N) is 5. The van der Waals surface area contributed by atoms with E-state index in [1.165, 1.54) is 12.3 Å². The summed E-state index contributed by atoms with van der Waals surface area (Å²) in [7, 11) is 0. The van der Waals surface area contributed by atoms with Crippen LogP contribution in [0.5, 0.6) is 0 Å². The summed E-state index contributed by atoms with van der Waals surface area (Å²) in [6.45, 7) is 0.558. The van der Waals surface area contributed by atoms with Crippen LogP contribution in [-0.2, 0) is 6.18 Å². The van der Waals surface area contributed by atoms with Gasteiger partial charge in [0, 0.05) is 25.0 Å². The molecule has 2 saturated heterocycles. The third-order valence-electron chi connectivity index (χ3n) is 6.33. The molecule has 3 aromatic rings. The number of rotatable bonds is 4. The minimum atomic E-state index is -4.45. The number of hydrogen-bond acceptors (Lipinski definition) is 6. The van der Waals surface area contributed by atoms with E-state index >= 15 is 0 Å². The Morgan fingerprint density at radius 3 is 2.50 bits per heavy atom. The Bertz CT molecular complexity index is 1190. The van der Waals surface area contributed by atoms with Crippen molar-refractivity contribution in [2.75, 3.05) is 11.9 Å². The zero-order valence-electron chi connectivity index (χ0n) is 17.8. The summed E-state index contributed by atoms with van der Waals surface area (Å²) < 4.78 is 51.8. The summed E-state index contributed by atoms with van der Waals surface area (Å²) >= 11 is 0. The highest BCUT2D eigenvalue weighted by Gasteiger charge is 2.44. The zero-order valence-corrected chi connectivity index (χ0v) is 17.8. The van der Waals surface area contributed by atoms with Crippen LogP contribution in [0.1, 0.15) is 35.3 Å². The maximum absolute atomic E-state index is 13.6. The van der Waals surface area contributed by atoms with Gasteiger partial charge in [0.15, 0.2) is 11.6 Å². The molecule has 176 valence electrons. The number of carbonyl (C=O) groups is 1. The molecule has 0 aromatic carbocycles. The van der Waals surface area contributed by atoms with Crippen molar-refractivity contribution in [1.82, 2.24) is 24.8 Å². The Kier molecular flexibility index (Phi) is 5.62. The standard InChI is InChI=1S/C23H20F4N6O/c24-15-10-30-21(31-11-15)16-2-1-7-28-20(16)22(34)33-12-13-3-5-18(33)17(8-13)32-19-6-4-14(9-29-19)23(25,26)27/h1-2,4,6-7,9-11,13,17-18H,3,5,8,12H2,(H,29,32)/t13-,17-,18+/m1/s1. The van der Waals surface area contributed by atoms with Gasteiger partial charge in [-0.05, 0) is 49.4 Å². The Morgan fingerprint density at radius 2 is 1.82 bits per heavy atom. The first-order chi connectivity index (χ1) is 16.3. The number of hydrogen-bond donors (Lipinski definition) is 1. The van der Waals surface area contributed by atoms with E-state index in [0.29, 0.717) is 17.9 Å². The van der Waals surface area contributed by atoms with Crippen LogP contribution in [0, 0.1) is 11.7 Å². The molecule has 0 unspecified atom stereocenters. The molecule has 3 aromatic heterocycles. The lowest BCUT2D eigenvalue weighted by Crippen LogP contribution is -2.60. The van der Waals surface area contributed by atoms with Crippen LogP contribution in [0.3, 0.4) is 0 Å². The average Bonchev–Trinajstić information content (AvgIpc) is 2.84. The Balaban J connectivity index is 1.38. The van der Waals surface area contributed by atoms with E-state index in [4.69, 9.17) is 0 Å². The van der Waals surface area contributed by atoms with Crippen molar-refractivity contribution in [3.05, 3.63) is 66.1 Å². The Morgan fingerprint density at radius 1 is 1.03 bits per heavy atom. The van der Waals surface area contributed by atoms with Gasteiger partial charge in [-0.1, -0.05) is 0 Å². The molecule has 3 fully saturated rings. The predicted molar refractivity (Wildman–Crippen MR) is 114 cm³/mol. The van der Waals surface area contributed by atoms with Crippen molar-refractivity contribution in [2.24, 2.45) is 5.92 Å². The van der Waals surface area contributed by atoms with E-state index in [1.807, 2.05) is 0 Å². The molecular formula is C23H20F4N6O. The summed E-state index contributed by atoms with van der Waals surface area (Å²) in [4.78, 5) is 31.5. The molecule has 0 spiro atoms. The van der Waals surface area contributed by atoms with Crippen molar-refractivity contribution >= 4 is 11.7 Å². The normalized spacial score (nSPS) is 22.0. The summed E-state index contributed by atoms with van der Waals surface area (Å²) in [5, 5.41) is 3.22. The molecule has 1 amide bonds. The van der Waals surface area contributed by atoms with Gasteiger partial charge in [-0.15, -0.1) is 0 Å². The van der Waals surface area contributed by atoms with Crippen molar-refractivity contribution in [3.8, 4) is 11.4 Å². The number of halogens is 4. The molecular weight excluding hydrogens is 452 g/mol. The second-order valence-electron chi connectivity index (χ2n) is 8.51. The number of piperidine rings is 2. The molecule has 3 atom stereocenters. The van der Waals surface area contributed by atoms with Gasteiger partial charge in [-0.3, -0.25) is 9.78 Å². The summed E-state index contributed by atoms with van der Waals surface area (Å²) in [6, 6.07) is 5.28. The van der Waals surface area contributed by atoms with E-state index in [2.05, 4.69) is 25.3 Å². The van der Waals surface area contributed by atoms with E-state index in [0.717, 1.165) is 43.9 Å². The van der Waals surface area contributed by atoms with Crippen LogP contribution >= 0.6 is 0 Å². The second-order valence-corrected chi connectivity index (χ2v) is 8.51. The minimum Gasteiger partial charge on any atom is -0.365 e. The number of amides is 1. The number of fused-ring (bicyclic) bond motifs is 3. The first kappa shape index (κ1) is 22.2. The number of aromatic nitrogens is 4. The van der Waals surface area contributed by atoms with Crippen LogP contribution in [0.25, 0.3) is 11.4 Å². The number of anilines is 1. The van der Waals surface area contributed by atoms with E-state index in [9.17, 15) is 22.4 Å². The Labute approximate surface area is 192 Å². The number of carbonyl (C=O) groups excluding carboxylic acids is 1. The topological polar surface area (TPSA) is 83.9 Å². The maximum Gasteiger partial charge on any atom is 0.417 e. The molecule has 6 rings (SSSR count). The van der Waals surface area contributed by atoms with Crippen LogP contribution in [-0.4, -0.2) is 49.4 Å². The summed E-state index contributed by atoms with van der Waals surface area (Å²) in [5.41, 5.74) is -0.235. The molecule has 5 heterocycles. The van der Waals surface area contributed by atoms with Gasteiger partial charge in [0.1, 0.15) is 11.5 Å². The van der Waals surface area contributed by atoms with Gasteiger partial charge < -0.3 is 10.2 Å². The molecule has 11 heteroatoms. The molecule has 1 aliphatic carbocycles. The molecule has 2 bridgehead atoms. The second kappa shape index (κ2) is 8.62. The molecule has 1 saturated carbocycles. The minimum absolute atomic E-state index is 0.157. The lowest BCUT2D eigenvalue weighted by atomic mass is 9.76. The quantitative estimate of drug-likeness (QED) is 0.573. The first-order valence-electron chi connectivity index (χ1n) is 10.8. The van der Waals surface area contributed by atoms with Crippen molar-refractivity contribution < 1.29 is 22.4 Å². The largest absolute Gasteiger partial charge is 0.417 e. The van der Waals surface area contributed by atoms with E-state index in [-0.39, 0.29) is 35.4 Å². The smallest absolute Gasteiger partial charge is 0.365 e. The summed E-state index contributed by atoms with van der Waals surface area (Å²) in [5.74, 6) is -0.0975. The van der Waals surface area contributed by atoms with Crippen LogP contribution < -0.4 is 5.32 Å². The van der Waals surface area contributed by atoms with Gasteiger partial charge in [-0.25, -0.2) is 19.3 Å². The number of alkyl halides is 3. The van der Waals surface area contributed by atoms with Crippen LogP contribution in [0.15, 0.2) is 49.1 Å². The molecule has 3 aliphatic rings. The third kappa shape index (κ3) is 4.29. The lowest BCUT2D eigenvalue weighted by molar-refractivity contribution is -0.137. The molecule has 1 N–H and O–H groups in total. The average molecular weight is 472 g/mol. The van der Waals surface area contributed by atoms with Crippen LogP contribution in [0.2, 0.25) is 0 Å². The van der Waals surface area contributed by atoms with E-state index < -0.39 is 17.6 Å². The molecule has 2 aliphatic heterocycles. The first-order valence-corrected chi connectivity index (χ1v) is 10.8. The number of nitrogens with one attached hydrogen (secondary N) is 1. The number of pyridine rings is 2. The van der Waals surface area contributed by atoms with Gasteiger partial charge in [0.2, 0.25) is 0 Å². The monoisotopic (exact) mass is 472 g/mol. The highest BCUT2D eigenvalue weighted by Crippen LogP contribution is 2.38. The highest BCUT2D eigenvalue weighted by molar-refractivity contribution is 5.98. The summed E-state index contributed by atoms with van der Waals surface area (Å²) in [6.07, 6.45) is 2.42. The molecule has 34 heavy (non-hydrogen) atoms. The predicted octanol–water partition coefficient (Wildman–Crippen LogP) is 4.20. The van der Waals surface area contributed by atoms with Gasteiger partial charge in [-0.2, -0.15) is 13.2 Å². The highest BCUT2D eigenvalue weighted by atomic mass is 19.4. The van der Waals surface area contributed by atoms with Gasteiger partial charge in [0.05, 0.1) is 29.6 Å². The SMILES string of the molecule is O=C(c1ncccc1-c1ncc(F)cn1)N1C[C@@H]2CC[C@H]1[C@H](Nc1ccc(C(F)(F)F)cn1)C2. The van der Waals surface area contributed by atoms with Gasteiger partial charge in [0.25, 0.3) is 5.91 Å². The zero-order chi connectivity index (χ0) is 23.9. The van der Waals surface area contributed by atoms with Crippen molar-refractivity contribution in [2.45, 2.75) is 37.5 Å². The molecule has 0 radical (unpaired) electrons. The molecule has 7 nitrogen and oxygen atoms in total. The lowest BCUT2D eigenvalue weighted by Gasteiger charge is -2.50. The maximum atomic E-state index is 13.6. The fourth-order valence-corrected chi connectivity index (χ4v) is 4.76. The van der Waals surface area contributed by atoms with Gasteiger partial charge >= 0.3 is 6.18 Å². The van der Waals surface area contributed by atoms with Crippen molar-refractivity contribution in [3.63, 3.8) is 0 Å².